The molecule has 0 amide bonds. The summed E-state index contributed by atoms with van der Waals surface area (Å²) in [6.07, 6.45) is 3.36. The second-order valence-corrected chi connectivity index (χ2v) is 5.31. The van der Waals surface area contributed by atoms with Gasteiger partial charge in [-0.05, 0) is 25.1 Å². The molecule has 1 aromatic heterocycles. The van der Waals surface area contributed by atoms with Crippen LogP contribution in [-0.4, -0.2) is 15.6 Å². The Morgan fingerprint density at radius 2 is 2.18 bits per heavy atom. The highest BCUT2D eigenvalue weighted by Crippen LogP contribution is 2.23. The summed E-state index contributed by atoms with van der Waals surface area (Å²) in [6.45, 7) is 2.74. The van der Waals surface area contributed by atoms with Crippen molar-refractivity contribution in [1.29, 1.82) is 0 Å². The van der Waals surface area contributed by atoms with Gasteiger partial charge >= 0.3 is 0 Å². The van der Waals surface area contributed by atoms with Crippen molar-refractivity contribution in [2.24, 2.45) is 0 Å². The Morgan fingerprint density at radius 3 is 2.82 bits per heavy atom. The van der Waals surface area contributed by atoms with Crippen LogP contribution in [0.3, 0.4) is 0 Å². The lowest BCUT2D eigenvalue weighted by molar-refractivity contribution is 0.103. The van der Waals surface area contributed by atoms with Crippen molar-refractivity contribution in [3.05, 3.63) is 50.7 Å². The second kappa shape index (κ2) is 5.14. The largest absolute Gasteiger partial charge is 0.288 e. The lowest BCUT2D eigenvalue weighted by atomic mass is 10.1. The number of aromatic nitrogens is 2. The van der Waals surface area contributed by atoms with Gasteiger partial charge in [0, 0.05) is 27.3 Å². The quantitative estimate of drug-likeness (QED) is 0.785. The van der Waals surface area contributed by atoms with E-state index in [1.165, 1.54) is 0 Å². The fraction of sp³-hybridized carbons (Fsp3) is 0.167. The first-order valence-electron chi connectivity index (χ1n) is 5.14. The molecule has 0 bridgehead atoms. The number of hydrogen-bond donors (Lipinski definition) is 0. The molecule has 0 saturated heterocycles. The summed E-state index contributed by atoms with van der Waals surface area (Å²) in [5.74, 6) is -0.0297. The Morgan fingerprint density at radius 1 is 1.41 bits per heavy atom. The Hall–Kier alpha value is -0.940. The Bertz CT molecular complexity index is 563. The number of ketones is 1. The first-order chi connectivity index (χ1) is 8.11. The van der Waals surface area contributed by atoms with Crippen molar-refractivity contribution < 1.29 is 4.79 Å². The van der Waals surface area contributed by atoms with Crippen LogP contribution in [0.5, 0.6) is 0 Å². The second-order valence-electron chi connectivity index (χ2n) is 3.54. The van der Waals surface area contributed by atoms with Gasteiger partial charge in [-0.1, -0.05) is 31.9 Å². The summed E-state index contributed by atoms with van der Waals surface area (Å²) in [5.41, 5.74) is 1.24. The van der Waals surface area contributed by atoms with Crippen molar-refractivity contribution in [3.8, 4) is 0 Å². The van der Waals surface area contributed by atoms with Gasteiger partial charge in [0.25, 0.3) is 0 Å². The molecule has 5 heteroatoms. The van der Waals surface area contributed by atoms with E-state index in [9.17, 15) is 4.79 Å². The highest BCUT2D eigenvalue weighted by molar-refractivity contribution is 9.11. The molecule has 0 unspecified atom stereocenters. The maximum absolute atomic E-state index is 12.2. The standard InChI is InChI=1S/C12H10Br2N2O/c1-2-16-7-8(6-15-16)12(17)10-5-9(13)3-4-11(10)14/h3-7H,2H2,1H3. The molecule has 0 radical (unpaired) electrons. The molecule has 17 heavy (non-hydrogen) atoms. The Labute approximate surface area is 116 Å². The van der Waals surface area contributed by atoms with E-state index in [0.717, 1.165) is 15.5 Å². The minimum atomic E-state index is -0.0297. The van der Waals surface area contributed by atoms with Gasteiger partial charge in [0.05, 0.1) is 11.8 Å². The molecule has 0 aliphatic heterocycles. The first-order valence-corrected chi connectivity index (χ1v) is 6.72. The van der Waals surface area contributed by atoms with Crippen LogP contribution in [-0.2, 0) is 6.54 Å². The van der Waals surface area contributed by atoms with Crippen molar-refractivity contribution in [1.82, 2.24) is 9.78 Å². The van der Waals surface area contributed by atoms with Crippen LogP contribution in [0.4, 0.5) is 0 Å². The number of carbonyl (C=O) groups excluding carboxylic acids is 1. The highest BCUT2D eigenvalue weighted by atomic mass is 79.9. The molecular weight excluding hydrogens is 348 g/mol. The van der Waals surface area contributed by atoms with Gasteiger partial charge in [0.2, 0.25) is 0 Å². The molecule has 0 saturated carbocycles. The van der Waals surface area contributed by atoms with Crippen LogP contribution >= 0.6 is 31.9 Å². The third-order valence-electron chi connectivity index (χ3n) is 2.39. The SMILES string of the molecule is CCn1cc(C(=O)c2cc(Br)ccc2Br)cn1. The fourth-order valence-corrected chi connectivity index (χ4v) is 2.27. The van der Waals surface area contributed by atoms with E-state index in [1.54, 1.807) is 23.1 Å². The Balaban J connectivity index is 2.39. The predicted octanol–water partition coefficient (Wildman–Crippen LogP) is 3.66. The van der Waals surface area contributed by atoms with E-state index in [4.69, 9.17) is 0 Å². The van der Waals surface area contributed by atoms with E-state index in [-0.39, 0.29) is 5.78 Å². The summed E-state index contributed by atoms with van der Waals surface area (Å²) >= 11 is 6.75. The minimum Gasteiger partial charge on any atom is -0.288 e. The zero-order valence-corrected chi connectivity index (χ0v) is 12.3. The smallest absolute Gasteiger partial charge is 0.197 e. The van der Waals surface area contributed by atoms with Gasteiger partial charge in [-0.25, -0.2) is 0 Å². The zero-order valence-electron chi connectivity index (χ0n) is 9.15. The van der Waals surface area contributed by atoms with Crippen LogP contribution in [0.25, 0.3) is 0 Å². The average molecular weight is 358 g/mol. The van der Waals surface area contributed by atoms with E-state index in [0.29, 0.717) is 11.1 Å². The van der Waals surface area contributed by atoms with Crippen LogP contribution in [0, 0.1) is 0 Å². The molecule has 2 aromatic rings. The van der Waals surface area contributed by atoms with Crippen LogP contribution in [0.15, 0.2) is 39.5 Å². The van der Waals surface area contributed by atoms with Crippen LogP contribution in [0.1, 0.15) is 22.8 Å². The van der Waals surface area contributed by atoms with Crippen LogP contribution < -0.4 is 0 Å². The molecule has 0 aliphatic carbocycles. The topological polar surface area (TPSA) is 34.9 Å². The third-order valence-corrected chi connectivity index (χ3v) is 3.58. The summed E-state index contributed by atoms with van der Waals surface area (Å²) in [7, 11) is 0. The van der Waals surface area contributed by atoms with Gasteiger partial charge in [-0.3, -0.25) is 9.48 Å². The predicted molar refractivity (Wildman–Crippen MR) is 73.2 cm³/mol. The zero-order chi connectivity index (χ0) is 12.4. The van der Waals surface area contributed by atoms with Crippen molar-refractivity contribution >= 4 is 37.6 Å². The van der Waals surface area contributed by atoms with Gasteiger partial charge in [0.1, 0.15) is 0 Å². The molecule has 3 nitrogen and oxygen atoms in total. The lowest BCUT2D eigenvalue weighted by Gasteiger charge is -2.02. The number of aryl methyl sites for hydroxylation is 1. The molecule has 88 valence electrons. The van der Waals surface area contributed by atoms with Crippen molar-refractivity contribution in [2.75, 3.05) is 0 Å². The first kappa shape index (κ1) is 12.5. The maximum Gasteiger partial charge on any atom is 0.197 e. The van der Waals surface area contributed by atoms with E-state index >= 15 is 0 Å². The summed E-state index contributed by atoms with van der Waals surface area (Å²) in [6, 6.07) is 5.54. The number of carbonyl (C=O) groups is 1. The number of nitrogens with zero attached hydrogens (tertiary/aromatic N) is 2. The normalized spacial score (nSPS) is 10.5. The fourth-order valence-electron chi connectivity index (χ4n) is 1.48. The molecule has 0 N–H and O–H groups in total. The molecule has 0 atom stereocenters. The van der Waals surface area contributed by atoms with Gasteiger partial charge < -0.3 is 0 Å². The molecule has 2 rings (SSSR count). The van der Waals surface area contributed by atoms with Crippen molar-refractivity contribution in [3.63, 3.8) is 0 Å². The average Bonchev–Trinajstić information content (AvgIpc) is 2.80. The maximum atomic E-state index is 12.2. The minimum absolute atomic E-state index is 0.0297. The van der Waals surface area contributed by atoms with E-state index in [2.05, 4.69) is 37.0 Å². The van der Waals surface area contributed by atoms with E-state index < -0.39 is 0 Å². The van der Waals surface area contributed by atoms with Crippen molar-refractivity contribution in [2.45, 2.75) is 13.5 Å². The Kier molecular flexibility index (Phi) is 3.79. The number of halogens is 2. The molecule has 0 fully saturated rings. The monoisotopic (exact) mass is 356 g/mol. The third kappa shape index (κ3) is 2.66. The number of rotatable bonds is 3. The highest BCUT2D eigenvalue weighted by Gasteiger charge is 2.14. The summed E-state index contributed by atoms with van der Waals surface area (Å²) in [4.78, 5) is 12.2. The van der Waals surface area contributed by atoms with Gasteiger partial charge in [-0.2, -0.15) is 5.10 Å². The van der Waals surface area contributed by atoms with E-state index in [1.807, 2.05) is 19.1 Å². The van der Waals surface area contributed by atoms with Crippen LogP contribution in [0.2, 0.25) is 0 Å². The molecule has 1 heterocycles. The van der Waals surface area contributed by atoms with Gasteiger partial charge in [-0.15, -0.1) is 0 Å². The molecule has 1 aromatic carbocycles. The molecule has 0 spiro atoms. The number of hydrogen-bond acceptors (Lipinski definition) is 2. The lowest BCUT2D eigenvalue weighted by Crippen LogP contribution is -2.01. The summed E-state index contributed by atoms with van der Waals surface area (Å²) in [5, 5.41) is 4.10. The molecular formula is C12H10Br2N2O. The number of benzene rings is 1. The van der Waals surface area contributed by atoms with Gasteiger partial charge in [0.15, 0.2) is 5.78 Å². The summed E-state index contributed by atoms with van der Waals surface area (Å²) < 4.78 is 3.40. The molecule has 0 aliphatic rings.